The number of piperidine rings is 2. The van der Waals surface area contributed by atoms with Gasteiger partial charge in [-0.05, 0) is 44.7 Å². The molecule has 7 heteroatoms. The maximum Gasteiger partial charge on any atom is 0.255 e. The molecular formula is C22H27N5O2. The summed E-state index contributed by atoms with van der Waals surface area (Å²) < 4.78 is 0. The molecular weight excluding hydrogens is 366 g/mol. The lowest BCUT2D eigenvalue weighted by molar-refractivity contribution is -0.139. The number of pyridine rings is 1. The van der Waals surface area contributed by atoms with Crippen LogP contribution in [0.5, 0.6) is 0 Å². The Labute approximate surface area is 171 Å². The number of carbonyl (C=O) groups is 2. The Morgan fingerprint density at radius 3 is 2.76 bits per heavy atom. The van der Waals surface area contributed by atoms with E-state index in [1.54, 1.807) is 24.8 Å². The van der Waals surface area contributed by atoms with Crippen LogP contribution in [0.2, 0.25) is 0 Å². The number of rotatable bonds is 3. The van der Waals surface area contributed by atoms with E-state index >= 15 is 0 Å². The number of nitrogens with zero attached hydrogens (tertiary/aromatic N) is 5. The molecule has 4 rings (SSSR count). The Balaban J connectivity index is 1.49. The van der Waals surface area contributed by atoms with Gasteiger partial charge in [0.2, 0.25) is 5.91 Å². The summed E-state index contributed by atoms with van der Waals surface area (Å²) in [6.07, 6.45) is 10.2. The van der Waals surface area contributed by atoms with Crippen LogP contribution in [0.4, 0.5) is 0 Å². The van der Waals surface area contributed by atoms with Crippen molar-refractivity contribution in [2.24, 2.45) is 5.41 Å². The average molecular weight is 393 g/mol. The van der Waals surface area contributed by atoms with Gasteiger partial charge in [-0.25, -0.2) is 0 Å². The molecule has 7 nitrogen and oxygen atoms in total. The van der Waals surface area contributed by atoms with Crippen LogP contribution in [0.1, 0.15) is 53.0 Å². The molecule has 2 aliphatic rings. The molecule has 2 aromatic rings. The van der Waals surface area contributed by atoms with Crippen molar-refractivity contribution in [2.75, 3.05) is 19.6 Å². The number of carbonyl (C=O) groups excluding carboxylic acids is 2. The zero-order chi connectivity index (χ0) is 20.4. The molecule has 1 atom stereocenters. The third-order valence-electron chi connectivity index (χ3n) is 6.15. The van der Waals surface area contributed by atoms with Crippen molar-refractivity contribution >= 4 is 11.8 Å². The number of aromatic nitrogens is 3. The van der Waals surface area contributed by atoms with Crippen molar-refractivity contribution in [1.82, 2.24) is 24.8 Å². The quantitative estimate of drug-likeness (QED) is 0.801. The highest BCUT2D eigenvalue weighted by molar-refractivity contribution is 5.95. The van der Waals surface area contributed by atoms with Gasteiger partial charge in [0.15, 0.2) is 0 Å². The molecule has 152 valence electrons. The first-order chi connectivity index (χ1) is 14.0. The molecule has 0 radical (unpaired) electrons. The molecule has 2 aromatic heterocycles. The molecule has 2 saturated heterocycles. The molecule has 1 spiro atoms. The molecule has 2 fully saturated rings. The first-order valence-electron chi connectivity index (χ1n) is 10.2. The fourth-order valence-corrected chi connectivity index (χ4v) is 4.52. The third kappa shape index (κ3) is 4.13. The second kappa shape index (κ2) is 7.89. The van der Waals surface area contributed by atoms with E-state index in [4.69, 9.17) is 0 Å². The standard InChI is InChI=1S/C22H27N5O2/c1-16-5-8-23-12-19(16)21(29)26-9-3-6-22(14-26)7-4-20(28)27(15-22)13-18-11-24-17(2)10-25-18/h5,8,10-12H,3-4,6-7,9,13-15H2,1-2H3/t22-/m0/s1. The monoisotopic (exact) mass is 393 g/mol. The van der Waals surface area contributed by atoms with Crippen LogP contribution >= 0.6 is 0 Å². The maximum atomic E-state index is 13.1. The van der Waals surface area contributed by atoms with Crippen LogP contribution in [-0.4, -0.2) is 56.2 Å². The van der Waals surface area contributed by atoms with E-state index < -0.39 is 0 Å². The summed E-state index contributed by atoms with van der Waals surface area (Å²) in [6, 6.07) is 1.87. The van der Waals surface area contributed by atoms with E-state index in [1.165, 1.54) is 0 Å². The van der Waals surface area contributed by atoms with Gasteiger partial charge in [-0.2, -0.15) is 0 Å². The Bertz CT molecular complexity index is 914. The van der Waals surface area contributed by atoms with Crippen LogP contribution in [0.25, 0.3) is 0 Å². The summed E-state index contributed by atoms with van der Waals surface area (Å²) in [5, 5.41) is 0. The zero-order valence-electron chi connectivity index (χ0n) is 17.1. The Morgan fingerprint density at radius 2 is 2.00 bits per heavy atom. The second-order valence-corrected chi connectivity index (χ2v) is 8.42. The van der Waals surface area contributed by atoms with E-state index in [1.807, 2.05) is 29.7 Å². The van der Waals surface area contributed by atoms with E-state index in [2.05, 4.69) is 15.0 Å². The van der Waals surface area contributed by atoms with Gasteiger partial charge in [-0.3, -0.25) is 24.5 Å². The second-order valence-electron chi connectivity index (χ2n) is 8.42. The topological polar surface area (TPSA) is 79.3 Å². The molecule has 0 N–H and O–H groups in total. The van der Waals surface area contributed by atoms with Crippen LogP contribution in [-0.2, 0) is 11.3 Å². The number of aryl methyl sites for hydroxylation is 2. The van der Waals surface area contributed by atoms with Gasteiger partial charge in [-0.15, -0.1) is 0 Å². The van der Waals surface area contributed by atoms with Crippen molar-refractivity contribution < 1.29 is 9.59 Å². The highest BCUT2D eigenvalue weighted by Gasteiger charge is 2.43. The lowest BCUT2D eigenvalue weighted by Crippen LogP contribution is -2.55. The zero-order valence-corrected chi connectivity index (χ0v) is 17.1. The van der Waals surface area contributed by atoms with Crippen LogP contribution in [0, 0.1) is 19.3 Å². The minimum Gasteiger partial charge on any atom is -0.338 e. The average Bonchev–Trinajstić information content (AvgIpc) is 2.73. The Kier molecular flexibility index (Phi) is 5.30. The SMILES string of the molecule is Cc1cnc(CN2C[C@@]3(CCCN(C(=O)c4cnccc4C)C3)CCC2=O)cn1. The van der Waals surface area contributed by atoms with Crippen molar-refractivity contribution in [3.05, 3.63) is 53.4 Å². The molecule has 0 bridgehead atoms. The molecule has 2 amide bonds. The summed E-state index contributed by atoms with van der Waals surface area (Å²) in [7, 11) is 0. The lowest BCUT2D eigenvalue weighted by Gasteiger charge is -2.48. The fourth-order valence-electron chi connectivity index (χ4n) is 4.52. The van der Waals surface area contributed by atoms with Crippen molar-refractivity contribution in [3.63, 3.8) is 0 Å². The van der Waals surface area contributed by atoms with Gasteiger partial charge >= 0.3 is 0 Å². The highest BCUT2D eigenvalue weighted by atomic mass is 16.2. The van der Waals surface area contributed by atoms with Gasteiger partial charge in [0.1, 0.15) is 0 Å². The van der Waals surface area contributed by atoms with E-state index in [0.717, 1.165) is 42.8 Å². The number of hydrogen-bond donors (Lipinski definition) is 0. The van der Waals surface area contributed by atoms with E-state index in [9.17, 15) is 9.59 Å². The maximum absolute atomic E-state index is 13.1. The van der Waals surface area contributed by atoms with Gasteiger partial charge < -0.3 is 9.80 Å². The first kappa shape index (κ1) is 19.5. The molecule has 0 aliphatic carbocycles. The summed E-state index contributed by atoms with van der Waals surface area (Å²) >= 11 is 0. The molecule has 29 heavy (non-hydrogen) atoms. The fraction of sp³-hybridized carbons (Fsp3) is 0.500. The van der Waals surface area contributed by atoms with Crippen molar-refractivity contribution in [1.29, 1.82) is 0 Å². The van der Waals surface area contributed by atoms with Crippen molar-refractivity contribution in [3.8, 4) is 0 Å². The minimum atomic E-state index is -0.0456. The number of amides is 2. The van der Waals surface area contributed by atoms with E-state index in [-0.39, 0.29) is 17.2 Å². The van der Waals surface area contributed by atoms with Crippen LogP contribution in [0.3, 0.4) is 0 Å². The summed E-state index contributed by atoms with van der Waals surface area (Å²) in [5.74, 6) is 0.201. The molecule has 0 unspecified atom stereocenters. The molecule has 0 saturated carbocycles. The van der Waals surface area contributed by atoms with Gasteiger partial charge in [-0.1, -0.05) is 0 Å². The lowest BCUT2D eigenvalue weighted by atomic mass is 9.73. The predicted molar refractivity (Wildman–Crippen MR) is 108 cm³/mol. The van der Waals surface area contributed by atoms with Gasteiger partial charge in [0.05, 0.1) is 29.7 Å². The van der Waals surface area contributed by atoms with Crippen LogP contribution < -0.4 is 0 Å². The number of likely N-dealkylation sites (tertiary alicyclic amines) is 2. The summed E-state index contributed by atoms with van der Waals surface area (Å²) in [4.78, 5) is 42.3. The van der Waals surface area contributed by atoms with Crippen LogP contribution in [0.15, 0.2) is 30.9 Å². The van der Waals surface area contributed by atoms with Gasteiger partial charge in [0.25, 0.3) is 5.91 Å². The molecule has 2 aliphatic heterocycles. The Morgan fingerprint density at radius 1 is 1.14 bits per heavy atom. The van der Waals surface area contributed by atoms with Gasteiger partial charge in [0, 0.05) is 50.1 Å². The molecule has 0 aromatic carbocycles. The third-order valence-corrected chi connectivity index (χ3v) is 6.15. The van der Waals surface area contributed by atoms with E-state index in [0.29, 0.717) is 31.6 Å². The predicted octanol–water partition coefficient (Wildman–Crippen LogP) is 2.53. The highest BCUT2D eigenvalue weighted by Crippen LogP contribution is 2.39. The first-order valence-corrected chi connectivity index (χ1v) is 10.2. The molecule has 4 heterocycles. The summed E-state index contributed by atoms with van der Waals surface area (Å²) in [6.45, 7) is 6.42. The number of hydrogen-bond acceptors (Lipinski definition) is 5. The smallest absolute Gasteiger partial charge is 0.255 e. The van der Waals surface area contributed by atoms with Crippen molar-refractivity contribution in [2.45, 2.75) is 46.1 Å². The normalized spacial score (nSPS) is 22.2. The Hall–Kier alpha value is -2.83. The summed E-state index contributed by atoms with van der Waals surface area (Å²) in [5.41, 5.74) is 3.24. The minimum absolute atomic E-state index is 0.0440. The largest absolute Gasteiger partial charge is 0.338 e.